The Morgan fingerprint density at radius 2 is 1.71 bits per heavy atom. The number of hydrogen-bond donors (Lipinski definition) is 0. The second-order valence-electron chi connectivity index (χ2n) is 3.76. The Morgan fingerprint density at radius 1 is 1.00 bits per heavy atom. The van der Waals surface area contributed by atoms with E-state index in [1.165, 1.54) is 5.56 Å². The van der Waals surface area contributed by atoms with Crippen LogP contribution >= 0.6 is 23.4 Å². The quantitative estimate of drug-likeness (QED) is 0.679. The maximum atomic E-state index is 8.04. The molecule has 0 aliphatic heterocycles. The maximum absolute atomic E-state index is 8.04. The molecule has 0 aliphatic carbocycles. The van der Waals surface area contributed by atoms with Crippen molar-refractivity contribution in [2.75, 3.05) is 5.73 Å². The summed E-state index contributed by atoms with van der Waals surface area (Å²) in [6.45, 7) is 0. The largest absolute Gasteiger partial charge is 0.126 e. The lowest BCUT2D eigenvalue weighted by Crippen LogP contribution is -1.87. The zero-order valence-corrected chi connectivity index (χ0v) is 11.0. The predicted molar refractivity (Wildman–Crippen MR) is 76.9 cm³/mol. The normalized spacial score (nSPS) is 13.1. The fourth-order valence-corrected chi connectivity index (χ4v) is 2.39. The Morgan fingerprint density at radius 3 is 2.41 bits per heavy atom. The molecule has 1 atom stereocenters. The lowest BCUT2D eigenvalue weighted by molar-refractivity contribution is 0.933. The van der Waals surface area contributed by atoms with Gasteiger partial charge < -0.3 is 0 Å². The van der Waals surface area contributed by atoms with Crippen LogP contribution in [0.1, 0.15) is 13.4 Å². The first kappa shape index (κ1) is 11.2. The summed E-state index contributed by atoms with van der Waals surface area (Å²) in [5.41, 5.74) is 1.16. The van der Waals surface area contributed by atoms with Crippen molar-refractivity contribution in [3.8, 4) is 0 Å². The Kier molecular flexibility index (Phi) is 4.43. The SMILES string of the molecule is [2H]C(CCc1ccccc1)Sc1ccc(Cl)cc1. The average molecular weight is 264 g/mol. The van der Waals surface area contributed by atoms with E-state index in [0.29, 0.717) is 0 Å². The second-order valence-corrected chi connectivity index (χ2v) is 5.24. The number of thioether (sulfide) groups is 1. The molecule has 0 N–H and O–H groups in total. The molecular weight excluding hydrogens is 248 g/mol. The van der Waals surface area contributed by atoms with E-state index in [1.807, 2.05) is 42.5 Å². The monoisotopic (exact) mass is 263 g/mol. The minimum atomic E-state index is -0.133. The molecule has 0 saturated heterocycles. The molecule has 17 heavy (non-hydrogen) atoms. The molecule has 0 nitrogen and oxygen atoms in total. The highest BCUT2D eigenvalue weighted by atomic mass is 35.5. The number of halogens is 1. The first-order valence-corrected chi connectivity index (χ1v) is 6.88. The van der Waals surface area contributed by atoms with Gasteiger partial charge in [0.1, 0.15) is 0 Å². The van der Waals surface area contributed by atoms with Crippen molar-refractivity contribution in [2.45, 2.75) is 17.7 Å². The number of aryl methyl sites for hydroxylation is 1. The highest BCUT2D eigenvalue weighted by Gasteiger charge is 1.95. The Bertz CT molecular complexity index is 470. The molecule has 2 rings (SSSR count). The predicted octanol–water partition coefficient (Wildman–Crippen LogP) is 5.06. The van der Waals surface area contributed by atoms with Crippen LogP contribution in [0, 0.1) is 0 Å². The van der Waals surface area contributed by atoms with E-state index in [0.717, 1.165) is 22.8 Å². The Labute approximate surface area is 113 Å². The molecule has 2 heteroatoms. The van der Waals surface area contributed by atoms with Crippen molar-refractivity contribution >= 4 is 23.4 Å². The molecule has 0 radical (unpaired) electrons. The summed E-state index contributed by atoms with van der Waals surface area (Å²) in [6, 6.07) is 18.0. The summed E-state index contributed by atoms with van der Waals surface area (Å²) in [7, 11) is 0. The van der Waals surface area contributed by atoms with Crippen LogP contribution in [0.15, 0.2) is 59.5 Å². The van der Waals surface area contributed by atoms with Gasteiger partial charge in [-0.2, -0.15) is 0 Å². The fourth-order valence-electron chi connectivity index (χ4n) is 1.54. The van der Waals surface area contributed by atoms with Crippen LogP contribution in [-0.4, -0.2) is 5.73 Å². The summed E-state index contributed by atoms with van der Waals surface area (Å²) in [5.74, 6) is 0. The van der Waals surface area contributed by atoms with Gasteiger partial charge in [0.15, 0.2) is 0 Å². The molecule has 0 bridgehead atoms. The lowest BCUT2D eigenvalue weighted by atomic mass is 10.1. The van der Waals surface area contributed by atoms with Crippen molar-refractivity contribution in [3.05, 3.63) is 65.2 Å². The smallest absolute Gasteiger partial charge is 0.0406 e. The molecule has 0 amide bonds. The standard InChI is InChI=1S/C15H15ClS/c16-14-8-10-15(11-9-14)17-12-4-7-13-5-2-1-3-6-13/h1-3,5-6,8-11H,4,7,12H2/i12D. The number of hydrogen-bond acceptors (Lipinski definition) is 1. The molecule has 88 valence electrons. The molecule has 1 unspecified atom stereocenters. The van der Waals surface area contributed by atoms with Crippen LogP contribution in [0.2, 0.25) is 5.02 Å². The van der Waals surface area contributed by atoms with Crippen molar-refractivity contribution in [1.82, 2.24) is 0 Å². The lowest BCUT2D eigenvalue weighted by Gasteiger charge is -2.02. The highest BCUT2D eigenvalue weighted by Crippen LogP contribution is 2.21. The molecule has 0 spiro atoms. The van der Waals surface area contributed by atoms with Gasteiger partial charge in [0.05, 0.1) is 0 Å². The van der Waals surface area contributed by atoms with Gasteiger partial charge in [-0.15, -0.1) is 11.8 Å². The van der Waals surface area contributed by atoms with E-state index < -0.39 is 0 Å². The fraction of sp³-hybridized carbons (Fsp3) is 0.200. The van der Waals surface area contributed by atoms with Gasteiger partial charge in [-0.1, -0.05) is 41.9 Å². The third-order valence-corrected chi connectivity index (χ3v) is 3.63. The van der Waals surface area contributed by atoms with Crippen molar-refractivity contribution < 1.29 is 1.37 Å². The summed E-state index contributed by atoms with van der Waals surface area (Å²) in [4.78, 5) is 1.10. The van der Waals surface area contributed by atoms with Gasteiger partial charge >= 0.3 is 0 Å². The molecule has 0 aliphatic rings. The topological polar surface area (TPSA) is 0 Å². The van der Waals surface area contributed by atoms with Gasteiger partial charge in [0.2, 0.25) is 0 Å². The summed E-state index contributed by atoms with van der Waals surface area (Å²) < 4.78 is 8.04. The zero-order chi connectivity index (χ0) is 12.8. The Balaban J connectivity index is 1.82. The highest BCUT2D eigenvalue weighted by molar-refractivity contribution is 7.99. The van der Waals surface area contributed by atoms with Gasteiger partial charge in [0.25, 0.3) is 0 Å². The maximum Gasteiger partial charge on any atom is 0.0406 e. The summed E-state index contributed by atoms with van der Waals surface area (Å²) >= 11 is 7.41. The van der Waals surface area contributed by atoms with E-state index in [1.54, 1.807) is 11.8 Å². The van der Waals surface area contributed by atoms with Crippen LogP contribution in [0.3, 0.4) is 0 Å². The molecule has 0 heterocycles. The van der Waals surface area contributed by atoms with E-state index in [-0.39, 0.29) is 5.73 Å². The van der Waals surface area contributed by atoms with E-state index in [4.69, 9.17) is 13.0 Å². The van der Waals surface area contributed by atoms with Gasteiger partial charge in [-0.3, -0.25) is 0 Å². The van der Waals surface area contributed by atoms with Crippen LogP contribution in [0.25, 0.3) is 0 Å². The van der Waals surface area contributed by atoms with Crippen molar-refractivity contribution in [2.24, 2.45) is 0 Å². The van der Waals surface area contributed by atoms with Crippen LogP contribution in [0.5, 0.6) is 0 Å². The van der Waals surface area contributed by atoms with Crippen molar-refractivity contribution in [3.63, 3.8) is 0 Å². The van der Waals surface area contributed by atoms with E-state index in [2.05, 4.69) is 12.1 Å². The van der Waals surface area contributed by atoms with Crippen molar-refractivity contribution in [1.29, 1.82) is 0 Å². The van der Waals surface area contributed by atoms with Gasteiger partial charge in [0, 0.05) is 11.3 Å². The zero-order valence-electron chi connectivity index (χ0n) is 10.5. The third kappa shape index (κ3) is 4.45. The van der Waals surface area contributed by atoms with Crippen LogP contribution in [-0.2, 0) is 6.42 Å². The third-order valence-electron chi connectivity index (χ3n) is 2.43. The van der Waals surface area contributed by atoms with Gasteiger partial charge in [-0.05, 0) is 48.4 Å². The van der Waals surface area contributed by atoms with E-state index in [9.17, 15) is 0 Å². The van der Waals surface area contributed by atoms with Crippen LogP contribution < -0.4 is 0 Å². The molecule has 2 aromatic carbocycles. The van der Waals surface area contributed by atoms with Crippen LogP contribution in [0.4, 0.5) is 0 Å². The molecule has 2 aromatic rings. The number of benzene rings is 2. The molecule has 0 fully saturated rings. The molecule has 0 aromatic heterocycles. The van der Waals surface area contributed by atoms with E-state index >= 15 is 0 Å². The summed E-state index contributed by atoms with van der Waals surface area (Å²) in [5, 5.41) is 0.741. The minimum absolute atomic E-state index is 0.133. The molecular formula is C15H15ClS. The summed E-state index contributed by atoms with van der Waals surface area (Å²) in [6.07, 6.45) is 1.81. The average Bonchev–Trinajstić information content (AvgIpc) is 2.40. The van der Waals surface area contributed by atoms with Gasteiger partial charge in [-0.25, -0.2) is 0 Å². The minimum Gasteiger partial charge on any atom is -0.126 e. The second kappa shape index (κ2) is 6.73. The first-order chi connectivity index (χ1) is 8.74. The number of rotatable bonds is 5. The first-order valence-electron chi connectivity index (χ1n) is 6.20. The molecule has 0 saturated carbocycles. The Hall–Kier alpha value is -0.920.